The van der Waals surface area contributed by atoms with E-state index in [4.69, 9.17) is 9.47 Å². The molecular formula is C27H24F2N2O5. The highest BCUT2D eigenvalue weighted by Gasteiger charge is 2.33. The molecule has 36 heavy (non-hydrogen) atoms. The second-order valence-electron chi connectivity index (χ2n) is 8.38. The third kappa shape index (κ3) is 5.51. The van der Waals surface area contributed by atoms with Gasteiger partial charge in [-0.2, -0.15) is 0 Å². The van der Waals surface area contributed by atoms with Crippen molar-refractivity contribution in [2.75, 3.05) is 18.1 Å². The summed E-state index contributed by atoms with van der Waals surface area (Å²) in [7, 11) is 0. The van der Waals surface area contributed by atoms with Crippen LogP contribution in [0, 0.1) is 18.6 Å². The van der Waals surface area contributed by atoms with Crippen molar-refractivity contribution in [3.63, 3.8) is 0 Å². The number of rotatable bonds is 8. The predicted octanol–water partition coefficient (Wildman–Crippen LogP) is 3.97. The fourth-order valence-corrected chi connectivity index (χ4v) is 3.83. The third-order valence-electron chi connectivity index (χ3n) is 5.80. The topological polar surface area (TPSA) is 84.9 Å². The van der Waals surface area contributed by atoms with Gasteiger partial charge in [0.15, 0.2) is 19.0 Å². The van der Waals surface area contributed by atoms with E-state index in [-0.39, 0.29) is 36.9 Å². The number of fused-ring (bicyclic) bond motifs is 1. The average molecular weight is 494 g/mol. The summed E-state index contributed by atoms with van der Waals surface area (Å²) >= 11 is 0. The van der Waals surface area contributed by atoms with Gasteiger partial charge in [-0.1, -0.05) is 12.1 Å². The molecule has 0 radical (unpaired) electrons. The first-order valence-corrected chi connectivity index (χ1v) is 11.3. The summed E-state index contributed by atoms with van der Waals surface area (Å²) in [5, 5.41) is 2.74. The molecule has 3 aromatic carbocycles. The number of Topliss-reactive ketones (excluding diaryl/α,β-unsaturated/α-hetero) is 1. The van der Waals surface area contributed by atoms with E-state index in [1.54, 1.807) is 38.1 Å². The van der Waals surface area contributed by atoms with Crippen molar-refractivity contribution in [3.05, 3.63) is 89.0 Å². The second-order valence-corrected chi connectivity index (χ2v) is 8.38. The smallest absolute Gasteiger partial charge is 0.265 e. The lowest BCUT2D eigenvalue weighted by atomic mass is 10.1. The lowest BCUT2D eigenvalue weighted by Crippen LogP contribution is -2.51. The van der Waals surface area contributed by atoms with Crippen LogP contribution in [0.15, 0.2) is 60.7 Å². The molecule has 0 fully saturated rings. The van der Waals surface area contributed by atoms with E-state index in [9.17, 15) is 23.2 Å². The highest BCUT2D eigenvalue weighted by molar-refractivity contribution is 6.05. The van der Waals surface area contributed by atoms with E-state index < -0.39 is 23.7 Å². The molecule has 0 bridgehead atoms. The summed E-state index contributed by atoms with van der Waals surface area (Å²) in [6.45, 7) is 2.86. The number of nitrogens with zero attached hydrogens (tertiary/aromatic N) is 1. The minimum atomic E-state index is -0.899. The maximum atomic E-state index is 13.3. The zero-order valence-corrected chi connectivity index (χ0v) is 19.7. The molecule has 1 heterocycles. The number of benzene rings is 3. The van der Waals surface area contributed by atoms with E-state index >= 15 is 0 Å². The van der Waals surface area contributed by atoms with Crippen molar-refractivity contribution in [2.24, 2.45) is 0 Å². The number of carbonyl (C=O) groups is 3. The van der Waals surface area contributed by atoms with Crippen LogP contribution in [0.1, 0.15) is 28.4 Å². The van der Waals surface area contributed by atoms with E-state index in [2.05, 4.69) is 5.32 Å². The minimum absolute atomic E-state index is 0.160. The maximum Gasteiger partial charge on any atom is 0.265 e. The van der Waals surface area contributed by atoms with Gasteiger partial charge in [0.05, 0.1) is 5.69 Å². The Morgan fingerprint density at radius 3 is 2.50 bits per heavy atom. The van der Waals surface area contributed by atoms with Gasteiger partial charge in [-0.3, -0.25) is 19.3 Å². The first-order chi connectivity index (χ1) is 17.2. The standard InChI is InChI=1S/C27H24F2N2O5/c1-16-11-21(29)8-10-24(16)35-14-23(32)19-5-9-25-22(12-19)31(26(33)15-36-25)17(2)27(34)30-13-18-3-6-20(28)7-4-18/h3-12,17H,13-15H2,1-2H3,(H,30,34)/t17-/m0/s1. The summed E-state index contributed by atoms with van der Waals surface area (Å²) in [6.07, 6.45) is 0. The number of amides is 2. The predicted molar refractivity (Wildman–Crippen MR) is 128 cm³/mol. The Hall–Kier alpha value is -4.27. The Balaban J connectivity index is 1.48. The van der Waals surface area contributed by atoms with Crippen LogP contribution in [0.3, 0.4) is 0 Å². The Morgan fingerprint density at radius 2 is 1.78 bits per heavy atom. The van der Waals surface area contributed by atoms with E-state index in [0.29, 0.717) is 28.3 Å². The van der Waals surface area contributed by atoms with Crippen LogP contribution >= 0.6 is 0 Å². The minimum Gasteiger partial charge on any atom is -0.485 e. The number of ketones is 1. The van der Waals surface area contributed by atoms with Gasteiger partial charge >= 0.3 is 0 Å². The number of halogens is 2. The van der Waals surface area contributed by atoms with Crippen LogP contribution < -0.4 is 19.7 Å². The summed E-state index contributed by atoms with van der Waals surface area (Å²) in [4.78, 5) is 39.6. The fourth-order valence-electron chi connectivity index (χ4n) is 3.83. The lowest BCUT2D eigenvalue weighted by Gasteiger charge is -2.33. The molecule has 7 nitrogen and oxygen atoms in total. The summed E-state index contributed by atoms with van der Waals surface area (Å²) in [6, 6.07) is 13.4. The second kappa shape index (κ2) is 10.6. The molecular weight excluding hydrogens is 470 g/mol. The highest BCUT2D eigenvalue weighted by atomic mass is 19.1. The van der Waals surface area contributed by atoms with E-state index in [0.717, 1.165) is 0 Å². The average Bonchev–Trinajstić information content (AvgIpc) is 2.86. The molecule has 186 valence electrons. The monoisotopic (exact) mass is 494 g/mol. The fraction of sp³-hybridized carbons (Fsp3) is 0.222. The van der Waals surface area contributed by atoms with Crippen molar-refractivity contribution in [1.29, 1.82) is 0 Å². The summed E-state index contributed by atoms with van der Waals surface area (Å²) < 4.78 is 37.5. The number of nitrogens with one attached hydrogen (secondary N) is 1. The van der Waals surface area contributed by atoms with Gasteiger partial charge in [-0.15, -0.1) is 0 Å². The number of hydrogen-bond donors (Lipinski definition) is 1. The molecule has 1 atom stereocenters. The maximum absolute atomic E-state index is 13.3. The Kier molecular flexibility index (Phi) is 7.28. The molecule has 1 aliphatic heterocycles. The van der Waals surface area contributed by atoms with Crippen molar-refractivity contribution in [1.82, 2.24) is 5.32 Å². The Bertz CT molecular complexity index is 1310. The van der Waals surface area contributed by atoms with Crippen molar-refractivity contribution in [3.8, 4) is 11.5 Å². The first kappa shape index (κ1) is 24.8. The molecule has 9 heteroatoms. The quantitative estimate of drug-likeness (QED) is 0.479. The number of anilines is 1. The van der Waals surface area contributed by atoms with Crippen LogP contribution in [0.2, 0.25) is 0 Å². The molecule has 0 saturated heterocycles. The Labute approximate surface area is 206 Å². The van der Waals surface area contributed by atoms with Crippen LogP contribution in [0.5, 0.6) is 11.5 Å². The van der Waals surface area contributed by atoms with Gasteiger partial charge in [0.1, 0.15) is 29.2 Å². The largest absolute Gasteiger partial charge is 0.485 e. The van der Waals surface area contributed by atoms with E-state index in [1.807, 2.05) is 0 Å². The summed E-state index contributed by atoms with van der Waals surface area (Å²) in [5.41, 5.74) is 1.81. The molecule has 0 saturated carbocycles. The zero-order chi connectivity index (χ0) is 25.8. The first-order valence-electron chi connectivity index (χ1n) is 11.3. The SMILES string of the molecule is Cc1cc(F)ccc1OCC(=O)c1ccc2c(c1)N([C@@H](C)C(=O)NCc1ccc(F)cc1)C(=O)CO2. The van der Waals surface area contributed by atoms with Gasteiger partial charge in [0.2, 0.25) is 5.91 Å². The molecule has 3 aromatic rings. The molecule has 2 amide bonds. The van der Waals surface area contributed by atoms with Crippen LogP contribution in [0.25, 0.3) is 0 Å². The van der Waals surface area contributed by atoms with Crippen LogP contribution in [0.4, 0.5) is 14.5 Å². The number of aryl methyl sites for hydroxylation is 1. The molecule has 1 N–H and O–H groups in total. The molecule has 1 aliphatic rings. The van der Waals surface area contributed by atoms with Gasteiger partial charge in [0, 0.05) is 12.1 Å². The van der Waals surface area contributed by atoms with Gasteiger partial charge in [-0.25, -0.2) is 8.78 Å². The third-order valence-corrected chi connectivity index (χ3v) is 5.80. The van der Waals surface area contributed by atoms with E-state index in [1.165, 1.54) is 41.3 Å². The number of ether oxygens (including phenoxy) is 2. The van der Waals surface area contributed by atoms with Gasteiger partial charge in [0.25, 0.3) is 5.91 Å². The molecule has 0 aliphatic carbocycles. The van der Waals surface area contributed by atoms with Crippen molar-refractivity contribution < 1.29 is 32.6 Å². The molecule has 4 rings (SSSR count). The highest BCUT2D eigenvalue weighted by Crippen LogP contribution is 2.34. The molecule has 0 aromatic heterocycles. The van der Waals surface area contributed by atoms with Crippen LogP contribution in [-0.2, 0) is 16.1 Å². The van der Waals surface area contributed by atoms with Gasteiger partial charge in [-0.05, 0) is 73.5 Å². The van der Waals surface area contributed by atoms with Crippen molar-refractivity contribution in [2.45, 2.75) is 26.4 Å². The normalized spacial score (nSPS) is 13.4. The number of hydrogen-bond acceptors (Lipinski definition) is 5. The summed E-state index contributed by atoms with van der Waals surface area (Å²) in [5.74, 6) is -1.26. The van der Waals surface area contributed by atoms with Crippen molar-refractivity contribution >= 4 is 23.3 Å². The molecule has 0 spiro atoms. The van der Waals surface area contributed by atoms with Gasteiger partial charge < -0.3 is 14.8 Å². The Morgan fingerprint density at radius 1 is 1.06 bits per heavy atom. The molecule has 0 unspecified atom stereocenters. The zero-order valence-electron chi connectivity index (χ0n) is 19.7. The van der Waals surface area contributed by atoms with Crippen LogP contribution in [-0.4, -0.2) is 36.9 Å². The lowest BCUT2D eigenvalue weighted by molar-refractivity contribution is -0.127. The number of carbonyl (C=O) groups excluding carboxylic acids is 3.